The number of aliphatic carboxylic acids is 1. The summed E-state index contributed by atoms with van der Waals surface area (Å²) < 4.78 is 0. The minimum absolute atomic E-state index is 0.00389. The Balaban J connectivity index is 1.35. The Bertz CT molecular complexity index is 1860. The molecule has 0 bridgehead atoms. The van der Waals surface area contributed by atoms with E-state index in [-0.39, 0.29) is 31.6 Å². The van der Waals surface area contributed by atoms with Crippen LogP contribution in [0.3, 0.4) is 0 Å². The summed E-state index contributed by atoms with van der Waals surface area (Å²) in [6, 6.07) is 10.3. The molecule has 2 heterocycles. The highest BCUT2D eigenvalue weighted by molar-refractivity contribution is 7.98. The number of fused-ring (bicyclic) bond motifs is 2. The van der Waals surface area contributed by atoms with Gasteiger partial charge < -0.3 is 47.4 Å². The third-order valence-electron chi connectivity index (χ3n) is 8.15. The molecule has 2 aromatic heterocycles. The summed E-state index contributed by atoms with van der Waals surface area (Å²) in [6.45, 7) is -0.877. The molecule has 0 unspecified atom stereocenters. The molecule has 0 spiro atoms. The van der Waals surface area contributed by atoms with Gasteiger partial charge in [0.1, 0.15) is 24.2 Å². The molecular weight excluding hydrogens is 697 g/mol. The van der Waals surface area contributed by atoms with Crippen LogP contribution in [0.5, 0.6) is 0 Å². The first-order chi connectivity index (χ1) is 24.5. The topological polar surface area (TPSA) is 240 Å². The number of hydrogen-bond donors (Lipinski definition) is 10. The molecule has 4 atom stereocenters. The van der Waals surface area contributed by atoms with Gasteiger partial charge in [-0.05, 0) is 41.7 Å². The maximum absolute atomic E-state index is 13.5. The van der Waals surface area contributed by atoms with Crippen molar-refractivity contribution in [2.24, 2.45) is 5.73 Å². The number of aromatic amines is 2. The van der Waals surface area contributed by atoms with Crippen LogP contribution in [0.25, 0.3) is 21.8 Å². The van der Waals surface area contributed by atoms with Crippen LogP contribution in [0, 0.1) is 0 Å². The second kappa shape index (κ2) is 18.8. The highest BCUT2D eigenvalue weighted by atomic mass is 32.2. The Morgan fingerprint density at radius 2 is 1.27 bits per heavy atom. The molecule has 4 aromatic rings. The summed E-state index contributed by atoms with van der Waals surface area (Å²) in [5.74, 6) is -4.21. The van der Waals surface area contributed by atoms with Gasteiger partial charge in [-0.1, -0.05) is 36.4 Å². The predicted octanol–water partition coefficient (Wildman–Crippen LogP) is 0.216. The second-order valence-electron chi connectivity index (χ2n) is 11.7. The van der Waals surface area contributed by atoms with Crippen LogP contribution in [0.2, 0.25) is 0 Å². The van der Waals surface area contributed by atoms with Crippen LogP contribution in [0.15, 0.2) is 60.9 Å². The standard InChI is InChI=1S/C34H42N8O7S2/c1-51-11-10-25(41-32(46)26(39-29(43)14-35)12-19-15-36-23-8-4-2-6-21(19)23)31(45)38-17-30(44)40-28(18-50)33(47)42-27(34(48)49)13-20-16-37-24-9-5-3-7-22(20)24/h2-9,15-16,25-28,36-37,50H,10-14,17-18,35H2,1H3,(H,38,45)(H,39,43)(H,40,44)(H,41,46)(H,42,47)(H,48,49)/t25-,26-,27-,28-/m0/s1. The minimum Gasteiger partial charge on any atom is -0.480 e. The second-order valence-corrected chi connectivity index (χ2v) is 13.1. The number of para-hydroxylation sites is 2. The molecule has 272 valence electrons. The van der Waals surface area contributed by atoms with Crippen molar-refractivity contribution in [3.05, 3.63) is 72.1 Å². The van der Waals surface area contributed by atoms with E-state index in [1.807, 2.05) is 54.8 Å². The lowest BCUT2D eigenvalue weighted by Gasteiger charge is -2.23. The molecule has 4 rings (SSSR count). The predicted molar refractivity (Wildman–Crippen MR) is 198 cm³/mol. The lowest BCUT2D eigenvalue weighted by atomic mass is 10.0. The maximum atomic E-state index is 13.5. The Morgan fingerprint density at radius 1 is 0.745 bits per heavy atom. The first-order valence-electron chi connectivity index (χ1n) is 16.1. The van der Waals surface area contributed by atoms with Gasteiger partial charge in [0, 0.05) is 52.8 Å². The fourth-order valence-electron chi connectivity index (χ4n) is 5.48. The molecule has 2 aromatic carbocycles. The van der Waals surface area contributed by atoms with Crippen LogP contribution < -0.4 is 32.3 Å². The lowest BCUT2D eigenvalue weighted by molar-refractivity contribution is -0.142. The van der Waals surface area contributed by atoms with Crippen LogP contribution in [0.1, 0.15) is 17.5 Å². The van der Waals surface area contributed by atoms with Crippen molar-refractivity contribution in [2.75, 3.05) is 30.9 Å². The van der Waals surface area contributed by atoms with E-state index in [1.54, 1.807) is 12.4 Å². The number of carbonyl (C=O) groups excluding carboxylic acids is 5. The Kier molecular flexibility index (Phi) is 14.3. The fraction of sp³-hybridized carbons (Fsp3) is 0.353. The number of nitrogens with two attached hydrogens (primary N) is 1. The van der Waals surface area contributed by atoms with Gasteiger partial charge in [0.15, 0.2) is 0 Å². The third-order valence-corrected chi connectivity index (χ3v) is 9.16. The molecule has 17 heteroatoms. The van der Waals surface area contributed by atoms with Gasteiger partial charge in [0.25, 0.3) is 0 Å². The van der Waals surface area contributed by atoms with Gasteiger partial charge in [-0.15, -0.1) is 0 Å². The zero-order valence-electron chi connectivity index (χ0n) is 27.9. The van der Waals surface area contributed by atoms with Gasteiger partial charge >= 0.3 is 5.97 Å². The lowest BCUT2D eigenvalue weighted by Crippen LogP contribution is -2.57. The Morgan fingerprint density at radius 3 is 1.82 bits per heavy atom. The minimum atomic E-state index is -1.29. The summed E-state index contributed by atoms with van der Waals surface area (Å²) in [5, 5.41) is 24.3. The highest BCUT2D eigenvalue weighted by Crippen LogP contribution is 2.20. The summed E-state index contributed by atoms with van der Waals surface area (Å²) in [4.78, 5) is 83.1. The molecular formula is C34H42N8O7S2. The molecule has 10 N–H and O–H groups in total. The molecule has 0 aliphatic rings. The van der Waals surface area contributed by atoms with E-state index in [1.165, 1.54) is 11.8 Å². The third kappa shape index (κ3) is 10.7. The number of carboxylic acid groups (broad SMARTS) is 1. The summed E-state index contributed by atoms with van der Waals surface area (Å²) >= 11 is 5.61. The van der Waals surface area contributed by atoms with Crippen LogP contribution in [-0.2, 0) is 41.6 Å². The van der Waals surface area contributed by atoms with Crippen LogP contribution >= 0.6 is 24.4 Å². The number of rotatable bonds is 19. The average molecular weight is 739 g/mol. The van der Waals surface area contributed by atoms with Crippen molar-refractivity contribution in [1.82, 2.24) is 36.6 Å². The van der Waals surface area contributed by atoms with Crippen molar-refractivity contribution < 1.29 is 33.9 Å². The SMILES string of the molecule is CSCC[C@H](NC(=O)[C@H](Cc1c[nH]c2ccccc12)NC(=O)CN)C(=O)NCC(=O)N[C@@H](CS)C(=O)N[C@@H](Cc1c[nH]c2ccccc12)C(=O)O. The zero-order valence-corrected chi connectivity index (χ0v) is 29.6. The number of carbonyl (C=O) groups is 6. The first kappa shape index (κ1) is 38.8. The smallest absolute Gasteiger partial charge is 0.326 e. The van der Waals surface area contributed by atoms with Gasteiger partial charge in [0.2, 0.25) is 29.5 Å². The maximum Gasteiger partial charge on any atom is 0.326 e. The Labute approximate surface area is 303 Å². The summed E-state index contributed by atoms with van der Waals surface area (Å²) in [6.07, 6.45) is 5.61. The van der Waals surface area contributed by atoms with E-state index in [0.29, 0.717) is 11.3 Å². The molecule has 0 saturated heterocycles. The molecule has 0 radical (unpaired) electrons. The summed E-state index contributed by atoms with van der Waals surface area (Å²) in [5.41, 5.74) is 8.66. The largest absolute Gasteiger partial charge is 0.480 e. The zero-order chi connectivity index (χ0) is 36.9. The van der Waals surface area contributed by atoms with E-state index in [2.05, 4.69) is 49.2 Å². The molecule has 0 fully saturated rings. The molecule has 5 amide bonds. The molecule has 0 aliphatic carbocycles. The van der Waals surface area contributed by atoms with E-state index in [9.17, 15) is 33.9 Å². The van der Waals surface area contributed by atoms with Gasteiger partial charge in [0.05, 0.1) is 13.1 Å². The number of carboxylic acids is 1. The number of H-pyrrole nitrogens is 2. The monoisotopic (exact) mass is 738 g/mol. The van der Waals surface area contributed by atoms with Crippen molar-refractivity contribution in [1.29, 1.82) is 0 Å². The fourth-order valence-corrected chi connectivity index (χ4v) is 6.21. The van der Waals surface area contributed by atoms with Crippen molar-refractivity contribution in [3.8, 4) is 0 Å². The summed E-state index contributed by atoms with van der Waals surface area (Å²) in [7, 11) is 0. The number of amides is 5. The average Bonchev–Trinajstić information content (AvgIpc) is 3.74. The van der Waals surface area contributed by atoms with E-state index in [0.717, 1.165) is 27.4 Å². The van der Waals surface area contributed by atoms with Crippen LogP contribution in [-0.4, -0.2) is 106 Å². The quantitative estimate of drug-likeness (QED) is 0.0591. The van der Waals surface area contributed by atoms with Gasteiger partial charge in [-0.25, -0.2) is 4.79 Å². The van der Waals surface area contributed by atoms with Gasteiger partial charge in [-0.2, -0.15) is 24.4 Å². The number of aromatic nitrogens is 2. The molecule has 0 saturated carbocycles. The van der Waals surface area contributed by atoms with E-state index < -0.39 is 66.2 Å². The number of nitrogens with one attached hydrogen (secondary N) is 7. The van der Waals surface area contributed by atoms with E-state index >= 15 is 0 Å². The van der Waals surface area contributed by atoms with E-state index in [4.69, 9.17) is 5.73 Å². The number of benzene rings is 2. The van der Waals surface area contributed by atoms with Crippen LogP contribution in [0.4, 0.5) is 0 Å². The Hall–Kier alpha value is -5.00. The first-order valence-corrected chi connectivity index (χ1v) is 18.2. The van der Waals surface area contributed by atoms with Crippen molar-refractivity contribution in [3.63, 3.8) is 0 Å². The molecule has 15 nitrogen and oxygen atoms in total. The normalized spacial score (nSPS) is 13.5. The van der Waals surface area contributed by atoms with Gasteiger partial charge in [-0.3, -0.25) is 24.0 Å². The highest BCUT2D eigenvalue weighted by Gasteiger charge is 2.29. The number of thioether (sulfide) groups is 1. The number of thiol groups is 1. The van der Waals surface area contributed by atoms with Crippen molar-refractivity contribution in [2.45, 2.75) is 43.4 Å². The molecule has 51 heavy (non-hydrogen) atoms. The number of hydrogen-bond acceptors (Lipinski definition) is 9. The molecule has 0 aliphatic heterocycles. The van der Waals surface area contributed by atoms with Crippen molar-refractivity contribution >= 4 is 81.7 Å².